The lowest BCUT2D eigenvalue weighted by atomic mass is 10.1. The van der Waals surface area contributed by atoms with Gasteiger partial charge in [0.15, 0.2) is 0 Å². The normalized spacial score (nSPS) is 12.1. The second kappa shape index (κ2) is 9.73. The SMILES string of the molecule is CCCC(N)CNc1ccc(-n2cnc3cc(-c4ccc(Cl)cc4)sc3c2=O)cc1OC. The molecule has 0 aliphatic carbocycles. The Morgan fingerprint density at radius 2 is 2.00 bits per heavy atom. The van der Waals surface area contributed by atoms with Crippen molar-refractivity contribution in [2.75, 3.05) is 19.0 Å². The van der Waals surface area contributed by atoms with Crippen LogP contribution in [-0.4, -0.2) is 29.2 Å². The molecule has 166 valence electrons. The largest absolute Gasteiger partial charge is 0.495 e. The average molecular weight is 469 g/mol. The Morgan fingerprint density at radius 1 is 1.22 bits per heavy atom. The van der Waals surface area contributed by atoms with Crippen molar-refractivity contribution in [2.24, 2.45) is 5.73 Å². The van der Waals surface area contributed by atoms with E-state index in [2.05, 4.69) is 17.2 Å². The summed E-state index contributed by atoms with van der Waals surface area (Å²) in [5.41, 5.74) is 9.19. The summed E-state index contributed by atoms with van der Waals surface area (Å²) in [6, 6.07) is 15.2. The van der Waals surface area contributed by atoms with Gasteiger partial charge in [-0.25, -0.2) is 4.98 Å². The summed E-state index contributed by atoms with van der Waals surface area (Å²) >= 11 is 7.42. The van der Waals surface area contributed by atoms with Gasteiger partial charge in [0.25, 0.3) is 5.56 Å². The van der Waals surface area contributed by atoms with Crippen LogP contribution in [0, 0.1) is 0 Å². The third kappa shape index (κ3) is 4.65. The molecule has 0 bridgehead atoms. The fourth-order valence-corrected chi connectivity index (χ4v) is 4.71. The summed E-state index contributed by atoms with van der Waals surface area (Å²) in [5.74, 6) is 0.645. The maximum atomic E-state index is 13.2. The highest BCUT2D eigenvalue weighted by Gasteiger charge is 2.13. The van der Waals surface area contributed by atoms with Crippen molar-refractivity contribution in [1.29, 1.82) is 0 Å². The quantitative estimate of drug-likeness (QED) is 0.366. The van der Waals surface area contributed by atoms with Crippen molar-refractivity contribution in [3.05, 3.63) is 70.2 Å². The summed E-state index contributed by atoms with van der Waals surface area (Å²) in [4.78, 5) is 18.7. The van der Waals surface area contributed by atoms with Gasteiger partial charge in [-0.3, -0.25) is 9.36 Å². The Balaban J connectivity index is 1.66. The van der Waals surface area contributed by atoms with Gasteiger partial charge in [0.05, 0.1) is 24.0 Å². The minimum atomic E-state index is -0.118. The molecule has 2 aromatic carbocycles. The van der Waals surface area contributed by atoms with Gasteiger partial charge in [-0.05, 0) is 42.3 Å². The molecule has 0 saturated heterocycles. The maximum Gasteiger partial charge on any atom is 0.275 e. The molecule has 0 aliphatic rings. The minimum absolute atomic E-state index is 0.0762. The molecule has 0 radical (unpaired) electrons. The smallest absolute Gasteiger partial charge is 0.275 e. The number of hydrogen-bond donors (Lipinski definition) is 2. The van der Waals surface area contributed by atoms with E-state index in [-0.39, 0.29) is 11.6 Å². The van der Waals surface area contributed by atoms with Crippen molar-refractivity contribution in [3.8, 4) is 21.9 Å². The van der Waals surface area contributed by atoms with Crippen LogP contribution in [-0.2, 0) is 0 Å². The molecule has 2 heterocycles. The molecule has 0 amide bonds. The Kier molecular flexibility index (Phi) is 6.79. The van der Waals surface area contributed by atoms with Crippen LogP contribution in [0.1, 0.15) is 19.8 Å². The highest BCUT2D eigenvalue weighted by molar-refractivity contribution is 7.22. The lowest BCUT2D eigenvalue weighted by Gasteiger charge is -2.16. The Morgan fingerprint density at radius 3 is 2.72 bits per heavy atom. The van der Waals surface area contributed by atoms with Gasteiger partial charge < -0.3 is 15.8 Å². The van der Waals surface area contributed by atoms with Crippen molar-refractivity contribution < 1.29 is 4.74 Å². The average Bonchev–Trinajstić information content (AvgIpc) is 3.24. The fourth-order valence-electron chi connectivity index (χ4n) is 3.54. The van der Waals surface area contributed by atoms with E-state index in [4.69, 9.17) is 22.1 Å². The number of aromatic nitrogens is 2. The molecule has 0 fully saturated rings. The predicted octanol–water partition coefficient (Wildman–Crippen LogP) is 5.32. The van der Waals surface area contributed by atoms with Crippen molar-refractivity contribution in [1.82, 2.24) is 9.55 Å². The highest BCUT2D eigenvalue weighted by Crippen LogP contribution is 2.32. The van der Waals surface area contributed by atoms with E-state index < -0.39 is 0 Å². The van der Waals surface area contributed by atoms with E-state index >= 15 is 0 Å². The first kappa shape index (κ1) is 22.3. The molecule has 1 atom stereocenters. The van der Waals surface area contributed by atoms with Crippen molar-refractivity contribution >= 4 is 38.8 Å². The van der Waals surface area contributed by atoms with Crippen LogP contribution in [0.15, 0.2) is 59.7 Å². The zero-order valence-corrected chi connectivity index (χ0v) is 19.5. The van der Waals surface area contributed by atoms with Crippen LogP contribution in [0.2, 0.25) is 5.02 Å². The molecule has 4 rings (SSSR count). The molecule has 6 nitrogen and oxygen atoms in total. The number of halogens is 1. The van der Waals surface area contributed by atoms with Crippen LogP contribution >= 0.6 is 22.9 Å². The molecule has 0 spiro atoms. The number of nitrogens with two attached hydrogens (primary N) is 1. The number of nitrogens with zero attached hydrogens (tertiary/aromatic N) is 2. The van der Waals surface area contributed by atoms with E-state index in [9.17, 15) is 4.79 Å². The number of methoxy groups -OCH3 is 1. The molecule has 32 heavy (non-hydrogen) atoms. The lowest BCUT2D eigenvalue weighted by Crippen LogP contribution is -2.28. The van der Waals surface area contributed by atoms with Gasteiger partial charge >= 0.3 is 0 Å². The third-order valence-electron chi connectivity index (χ3n) is 5.24. The first-order chi connectivity index (χ1) is 15.5. The first-order valence-electron chi connectivity index (χ1n) is 10.4. The van der Waals surface area contributed by atoms with Crippen LogP contribution < -0.4 is 21.3 Å². The molecule has 4 aromatic rings. The maximum absolute atomic E-state index is 13.2. The van der Waals surface area contributed by atoms with E-state index in [1.165, 1.54) is 11.3 Å². The van der Waals surface area contributed by atoms with Gasteiger partial charge in [0.1, 0.15) is 16.8 Å². The zero-order chi connectivity index (χ0) is 22.7. The molecular formula is C24H25ClN4O2S. The molecule has 8 heteroatoms. The summed E-state index contributed by atoms with van der Waals surface area (Å²) in [6.45, 7) is 2.77. The van der Waals surface area contributed by atoms with E-state index in [0.29, 0.717) is 33.2 Å². The molecule has 3 N–H and O–H groups in total. The summed E-state index contributed by atoms with van der Waals surface area (Å²) < 4.78 is 7.69. The third-order valence-corrected chi connectivity index (χ3v) is 6.66. The number of nitrogens with one attached hydrogen (secondary N) is 1. The van der Waals surface area contributed by atoms with E-state index in [0.717, 1.165) is 29.0 Å². The van der Waals surface area contributed by atoms with E-state index in [1.54, 1.807) is 18.0 Å². The highest BCUT2D eigenvalue weighted by atomic mass is 35.5. The first-order valence-corrected chi connectivity index (χ1v) is 11.6. The lowest BCUT2D eigenvalue weighted by molar-refractivity contribution is 0.416. The van der Waals surface area contributed by atoms with Crippen LogP contribution in [0.4, 0.5) is 5.69 Å². The second-order valence-corrected chi connectivity index (χ2v) is 9.05. The zero-order valence-electron chi connectivity index (χ0n) is 18.0. The van der Waals surface area contributed by atoms with Gasteiger partial charge in [0, 0.05) is 28.6 Å². The Hall–Kier alpha value is -2.87. The number of ether oxygens (including phenoxy) is 1. The number of anilines is 1. The van der Waals surface area contributed by atoms with E-state index in [1.807, 2.05) is 48.5 Å². The van der Waals surface area contributed by atoms with Crippen molar-refractivity contribution in [2.45, 2.75) is 25.8 Å². The minimum Gasteiger partial charge on any atom is -0.495 e. The Labute approximate surface area is 195 Å². The topological polar surface area (TPSA) is 82.2 Å². The van der Waals surface area contributed by atoms with Gasteiger partial charge in [-0.15, -0.1) is 11.3 Å². The summed E-state index contributed by atoms with van der Waals surface area (Å²) in [6.07, 6.45) is 3.55. The van der Waals surface area contributed by atoms with Gasteiger partial charge in [-0.1, -0.05) is 37.1 Å². The molecule has 2 aromatic heterocycles. The molecule has 0 saturated carbocycles. The van der Waals surface area contributed by atoms with Crippen molar-refractivity contribution in [3.63, 3.8) is 0 Å². The number of rotatable bonds is 8. The van der Waals surface area contributed by atoms with Crippen LogP contribution in [0.3, 0.4) is 0 Å². The summed E-state index contributed by atoms with van der Waals surface area (Å²) in [7, 11) is 1.61. The standard InChI is InChI=1S/C24H25ClN4O2S/c1-3-4-17(26)13-27-19-10-9-18(11-21(19)31-2)29-14-28-20-12-22(32-23(20)24(29)30)15-5-7-16(25)8-6-15/h5-12,14,17,27H,3-4,13,26H2,1-2H3. The molecule has 0 aliphatic heterocycles. The number of benzene rings is 2. The van der Waals surface area contributed by atoms with Gasteiger partial charge in [0.2, 0.25) is 0 Å². The number of thiophene rings is 1. The molecular weight excluding hydrogens is 444 g/mol. The number of hydrogen-bond acceptors (Lipinski definition) is 6. The summed E-state index contributed by atoms with van der Waals surface area (Å²) in [5, 5.41) is 4.01. The van der Waals surface area contributed by atoms with Crippen LogP contribution in [0.5, 0.6) is 5.75 Å². The monoisotopic (exact) mass is 468 g/mol. The predicted molar refractivity (Wildman–Crippen MR) is 134 cm³/mol. The van der Waals surface area contributed by atoms with Crippen LogP contribution in [0.25, 0.3) is 26.3 Å². The second-order valence-electron chi connectivity index (χ2n) is 7.57. The Bertz CT molecular complexity index is 1280. The fraction of sp³-hybridized carbons (Fsp3) is 0.250. The van der Waals surface area contributed by atoms with Gasteiger partial charge in [-0.2, -0.15) is 0 Å². The number of fused-ring (bicyclic) bond motifs is 1. The molecule has 1 unspecified atom stereocenters.